The monoisotopic (exact) mass is 339 g/mol. The van der Waals surface area contributed by atoms with Crippen molar-refractivity contribution in [3.8, 4) is 0 Å². The Hall–Kier alpha value is -1.14. The second kappa shape index (κ2) is 10.7. The van der Waals surface area contributed by atoms with Gasteiger partial charge in [0.2, 0.25) is 11.8 Å². The quantitative estimate of drug-likeness (QED) is 0.645. The minimum atomic E-state index is 0.0296. The molecule has 1 saturated heterocycles. The minimum absolute atomic E-state index is 0.0296. The maximum absolute atomic E-state index is 12.2. The van der Waals surface area contributed by atoms with Crippen LogP contribution in [0.4, 0.5) is 0 Å². The fraction of sp³-hybridized carbons (Fsp3) is 0.889. The molecular formula is C18H33N3O3. The highest BCUT2D eigenvalue weighted by Gasteiger charge is 2.22. The SMILES string of the molecule is CCCOCCN1CCN(C(=O)CCC(=O)NC2CCCC2)CC1. The number of hydrogen-bond donors (Lipinski definition) is 1. The number of rotatable bonds is 9. The summed E-state index contributed by atoms with van der Waals surface area (Å²) < 4.78 is 5.51. The number of nitrogens with one attached hydrogen (secondary N) is 1. The molecule has 0 atom stereocenters. The van der Waals surface area contributed by atoms with Crippen LogP contribution in [0.15, 0.2) is 0 Å². The smallest absolute Gasteiger partial charge is 0.223 e. The van der Waals surface area contributed by atoms with Crippen LogP contribution < -0.4 is 5.32 Å². The van der Waals surface area contributed by atoms with Gasteiger partial charge >= 0.3 is 0 Å². The summed E-state index contributed by atoms with van der Waals surface area (Å²) in [6.45, 7) is 7.95. The van der Waals surface area contributed by atoms with Gasteiger partial charge in [0, 0.05) is 58.2 Å². The van der Waals surface area contributed by atoms with Crippen molar-refractivity contribution in [2.45, 2.75) is 57.9 Å². The molecule has 2 amide bonds. The summed E-state index contributed by atoms with van der Waals surface area (Å²) >= 11 is 0. The molecule has 2 fully saturated rings. The second-order valence-electron chi connectivity index (χ2n) is 6.88. The van der Waals surface area contributed by atoms with Crippen LogP contribution in [0.25, 0.3) is 0 Å². The average Bonchev–Trinajstić information content (AvgIpc) is 3.10. The van der Waals surface area contributed by atoms with E-state index in [1.54, 1.807) is 0 Å². The Bertz CT molecular complexity index is 389. The van der Waals surface area contributed by atoms with Gasteiger partial charge in [0.05, 0.1) is 6.61 Å². The Morgan fingerprint density at radius 1 is 1.04 bits per heavy atom. The number of amides is 2. The van der Waals surface area contributed by atoms with Gasteiger partial charge in [-0.25, -0.2) is 0 Å². The molecule has 0 aromatic heterocycles. The average molecular weight is 339 g/mol. The molecule has 24 heavy (non-hydrogen) atoms. The third-order valence-corrected chi connectivity index (χ3v) is 4.91. The van der Waals surface area contributed by atoms with Crippen molar-refractivity contribution >= 4 is 11.8 Å². The summed E-state index contributed by atoms with van der Waals surface area (Å²) in [6, 6.07) is 0.339. The first kappa shape index (κ1) is 19.2. The van der Waals surface area contributed by atoms with Gasteiger partial charge in [-0.05, 0) is 19.3 Å². The van der Waals surface area contributed by atoms with Crippen molar-refractivity contribution < 1.29 is 14.3 Å². The van der Waals surface area contributed by atoms with E-state index in [1.165, 1.54) is 12.8 Å². The second-order valence-corrected chi connectivity index (χ2v) is 6.88. The maximum Gasteiger partial charge on any atom is 0.223 e. The summed E-state index contributed by atoms with van der Waals surface area (Å²) in [6.07, 6.45) is 6.29. The largest absolute Gasteiger partial charge is 0.380 e. The predicted octanol–water partition coefficient (Wildman–Crippen LogP) is 1.40. The van der Waals surface area contributed by atoms with Gasteiger partial charge in [0.25, 0.3) is 0 Å². The van der Waals surface area contributed by atoms with Gasteiger partial charge < -0.3 is 15.0 Å². The number of carbonyl (C=O) groups is 2. The van der Waals surface area contributed by atoms with Gasteiger partial charge in [-0.15, -0.1) is 0 Å². The Labute approximate surface area is 145 Å². The highest BCUT2D eigenvalue weighted by molar-refractivity contribution is 5.84. The van der Waals surface area contributed by atoms with E-state index in [-0.39, 0.29) is 11.8 Å². The van der Waals surface area contributed by atoms with E-state index in [0.29, 0.717) is 18.9 Å². The lowest BCUT2D eigenvalue weighted by Crippen LogP contribution is -2.49. The Balaban J connectivity index is 1.56. The van der Waals surface area contributed by atoms with E-state index in [2.05, 4.69) is 17.1 Å². The van der Waals surface area contributed by atoms with Crippen LogP contribution in [0.3, 0.4) is 0 Å². The van der Waals surface area contributed by atoms with Gasteiger partial charge in [-0.2, -0.15) is 0 Å². The molecule has 0 spiro atoms. The first-order valence-corrected chi connectivity index (χ1v) is 9.56. The first-order valence-electron chi connectivity index (χ1n) is 9.56. The van der Waals surface area contributed by atoms with E-state index >= 15 is 0 Å². The molecule has 1 saturated carbocycles. The van der Waals surface area contributed by atoms with E-state index in [0.717, 1.165) is 65.2 Å². The first-order chi connectivity index (χ1) is 11.7. The van der Waals surface area contributed by atoms with Crippen LogP contribution in [-0.2, 0) is 14.3 Å². The number of nitrogens with zero attached hydrogens (tertiary/aromatic N) is 2. The molecule has 0 unspecified atom stereocenters. The molecule has 1 aliphatic heterocycles. The molecule has 0 aromatic rings. The van der Waals surface area contributed by atoms with Crippen molar-refractivity contribution in [1.82, 2.24) is 15.1 Å². The Kier molecular flexibility index (Phi) is 8.53. The lowest BCUT2D eigenvalue weighted by atomic mass is 10.2. The van der Waals surface area contributed by atoms with E-state index in [4.69, 9.17) is 4.74 Å². The standard InChI is InChI=1S/C18H33N3O3/c1-2-14-24-15-13-20-9-11-21(12-10-20)18(23)8-7-17(22)19-16-5-3-4-6-16/h16H,2-15H2,1H3,(H,19,22). The van der Waals surface area contributed by atoms with Gasteiger partial charge in [0.1, 0.15) is 0 Å². The van der Waals surface area contributed by atoms with Crippen LogP contribution in [0.5, 0.6) is 0 Å². The molecule has 0 radical (unpaired) electrons. The van der Waals surface area contributed by atoms with Crippen LogP contribution in [0, 0.1) is 0 Å². The zero-order valence-corrected chi connectivity index (χ0v) is 15.1. The van der Waals surface area contributed by atoms with Crippen LogP contribution >= 0.6 is 0 Å². The molecule has 0 aromatic carbocycles. The molecule has 2 rings (SSSR count). The van der Waals surface area contributed by atoms with Crippen molar-refractivity contribution in [3.05, 3.63) is 0 Å². The lowest BCUT2D eigenvalue weighted by Gasteiger charge is -2.34. The van der Waals surface area contributed by atoms with E-state index in [1.807, 2.05) is 4.90 Å². The fourth-order valence-electron chi connectivity index (χ4n) is 3.41. The molecule has 6 heteroatoms. The Morgan fingerprint density at radius 2 is 1.75 bits per heavy atom. The summed E-state index contributed by atoms with van der Waals surface area (Å²) in [7, 11) is 0. The molecule has 1 heterocycles. The highest BCUT2D eigenvalue weighted by Crippen LogP contribution is 2.17. The van der Waals surface area contributed by atoms with Gasteiger partial charge in [-0.3, -0.25) is 14.5 Å². The maximum atomic E-state index is 12.2. The van der Waals surface area contributed by atoms with Crippen molar-refractivity contribution in [2.75, 3.05) is 45.9 Å². The molecule has 1 aliphatic carbocycles. The molecule has 1 N–H and O–H groups in total. The van der Waals surface area contributed by atoms with Crippen LogP contribution in [0.2, 0.25) is 0 Å². The molecule has 138 valence electrons. The van der Waals surface area contributed by atoms with Crippen molar-refractivity contribution in [1.29, 1.82) is 0 Å². The summed E-state index contributed by atoms with van der Waals surface area (Å²) in [5.41, 5.74) is 0. The number of carbonyl (C=O) groups excluding carboxylic acids is 2. The predicted molar refractivity (Wildman–Crippen MR) is 93.8 cm³/mol. The van der Waals surface area contributed by atoms with Gasteiger partial charge in [-0.1, -0.05) is 19.8 Å². The van der Waals surface area contributed by atoms with Gasteiger partial charge in [0.15, 0.2) is 0 Å². The van der Waals surface area contributed by atoms with Crippen LogP contribution in [-0.4, -0.2) is 73.6 Å². The molecular weight excluding hydrogens is 306 g/mol. The summed E-state index contributed by atoms with van der Waals surface area (Å²) in [5, 5.41) is 3.05. The molecule has 6 nitrogen and oxygen atoms in total. The third kappa shape index (κ3) is 6.77. The number of hydrogen-bond acceptors (Lipinski definition) is 4. The zero-order valence-electron chi connectivity index (χ0n) is 15.1. The summed E-state index contributed by atoms with van der Waals surface area (Å²) in [5.74, 6) is 0.139. The fourth-order valence-corrected chi connectivity index (χ4v) is 3.41. The van der Waals surface area contributed by atoms with Crippen molar-refractivity contribution in [2.24, 2.45) is 0 Å². The minimum Gasteiger partial charge on any atom is -0.380 e. The normalized spacial score (nSPS) is 19.6. The Morgan fingerprint density at radius 3 is 2.42 bits per heavy atom. The third-order valence-electron chi connectivity index (χ3n) is 4.91. The lowest BCUT2D eigenvalue weighted by molar-refractivity contribution is -0.135. The van der Waals surface area contributed by atoms with E-state index < -0.39 is 0 Å². The van der Waals surface area contributed by atoms with E-state index in [9.17, 15) is 9.59 Å². The van der Waals surface area contributed by atoms with Crippen molar-refractivity contribution in [3.63, 3.8) is 0 Å². The number of ether oxygens (including phenoxy) is 1. The molecule has 2 aliphatic rings. The summed E-state index contributed by atoms with van der Waals surface area (Å²) in [4.78, 5) is 28.4. The van der Waals surface area contributed by atoms with Crippen LogP contribution in [0.1, 0.15) is 51.9 Å². The molecule has 0 bridgehead atoms. The topological polar surface area (TPSA) is 61.9 Å². The number of piperazine rings is 1. The highest BCUT2D eigenvalue weighted by atomic mass is 16.5. The zero-order chi connectivity index (χ0) is 17.2.